The summed E-state index contributed by atoms with van der Waals surface area (Å²) in [5.74, 6) is -0.147. The predicted octanol–water partition coefficient (Wildman–Crippen LogP) is 3.80. The number of piperazine rings is 1. The molecule has 0 bridgehead atoms. The first-order chi connectivity index (χ1) is 14.8. The number of hydrogen-bond acceptors (Lipinski definition) is 6. The van der Waals surface area contributed by atoms with E-state index in [1.165, 1.54) is 36.7 Å². The summed E-state index contributed by atoms with van der Waals surface area (Å²) in [7, 11) is -3.43. The fourth-order valence-electron chi connectivity index (χ4n) is 4.39. The lowest BCUT2D eigenvalue weighted by Gasteiger charge is -2.41. The molecular formula is C22H31FN2O4S2. The molecule has 1 aliphatic heterocycles. The quantitative estimate of drug-likeness (QED) is 0.630. The molecule has 0 atom stereocenters. The van der Waals surface area contributed by atoms with Crippen LogP contribution in [0.25, 0.3) is 0 Å². The van der Waals surface area contributed by atoms with Crippen molar-refractivity contribution in [3.63, 3.8) is 0 Å². The van der Waals surface area contributed by atoms with Crippen molar-refractivity contribution < 1.29 is 22.3 Å². The Hall–Kier alpha value is -1.32. The second-order valence-corrected chi connectivity index (χ2v) is 12.2. The highest BCUT2D eigenvalue weighted by molar-refractivity contribution is 8.14. The third kappa shape index (κ3) is 6.14. The molecule has 1 saturated heterocycles. The summed E-state index contributed by atoms with van der Waals surface area (Å²) in [6.07, 6.45) is 7.67. The van der Waals surface area contributed by atoms with Crippen LogP contribution in [0.15, 0.2) is 23.1 Å². The minimum absolute atomic E-state index is 0.0363. The normalized spacial score (nSPS) is 25.4. The molecule has 9 heteroatoms. The van der Waals surface area contributed by atoms with Crippen molar-refractivity contribution >= 4 is 26.8 Å². The largest absolute Gasteiger partial charge is 0.490 e. The Morgan fingerprint density at radius 3 is 2.35 bits per heavy atom. The van der Waals surface area contributed by atoms with Gasteiger partial charge in [-0.3, -0.25) is 9.69 Å². The van der Waals surface area contributed by atoms with Crippen molar-refractivity contribution in [2.75, 3.05) is 39.0 Å². The summed E-state index contributed by atoms with van der Waals surface area (Å²) in [4.78, 5) is 16.7. The van der Waals surface area contributed by atoms with Crippen molar-refractivity contribution in [3.05, 3.63) is 24.0 Å². The first-order valence-electron chi connectivity index (χ1n) is 11.1. The zero-order chi connectivity index (χ0) is 22.0. The lowest BCUT2D eigenvalue weighted by Crippen LogP contribution is -2.52. The Labute approximate surface area is 188 Å². The summed E-state index contributed by atoms with van der Waals surface area (Å²) in [6.45, 7) is 3.98. The van der Waals surface area contributed by atoms with Gasteiger partial charge >= 0.3 is 0 Å². The van der Waals surface area contributed by atoms with Gasteiger partial charge in [-0.05, 0) is 62.6 Å². The van der Waals surface area contributed by atoms with E-state index in [4.69, 9.17) is 4.74 Å². The van der Waals surface area contributed by atoms with Crippen LogP contribution in [0.3, 0.4) is 0 Å². The SMILES string of the molecule is CS(=O)(=O)c1ccc(OC[C@H]2CC[C@H](N3CCN(C(=O)SC4CC4)CC3)CC2)c(F)c1. The van der Waals surface area contributed by atoms with Crippen molar-refractivity contribution in [3.8, 4) is 5.75 Å². The highest BCUT2D eigenvalue weighted by Gasteiger charge is 2.32. The van der Waals surface area contributed by atoms with Gasteiger partial charge < -0.3 is 9.64 Å². The summed E-state index contributed by atoms with van der Waals surface area (Å²) in [5, 5.41) is 0.814. The summed E-state index contributed by atoms with van der Waals surface area (Å²) < 4.78 is 42.9. The molecule has 1 heterocycles. The number of rotatable bonds is 6. The maximum Gasteiger partial charge on any atom is 0.281 e. The van der Waals surface area contributed by atoms with E-state index in [9.17, 15) is 17.6 Å². The lowest BCUT2D eigenvalue weighted by molar-refractivity contribution is 0.0782. The molecule has 2 aliphatic carbocycles. The van der Waals surface area contributed by atoms with E-state index in [0.29, 0.717) is 23.8 Å². The van der Waals surface area contributed by atoms with Gasteiger partial charge in [0.1, 0.15) is 0 Å². The van der Waals surface area contributed by atoms with Gasteiger partial charge in [0.25, 0.3) is 5.24 Å². The van der Waals surface area contributed by atoms with Crippen LogP contribution in [0.1, 0.15) is 38.5 Å². The maximum absolute atomic E-state index is 14.2. The monoisotopic (exact) mass is 470 g/mol. The van der Waals surface area contributed by atoms with E-state index in [0.717, 1.165) is 64.2 Å². The minimum atomic E-state index is -3.43. The van der Waals surface area contributed by atoms with Crippen LogP contribution in [-0.4, -0.2) is 73.8 Å². The van der Waals surface area contributed by atoms with E-state index >= 15 is 0 Å². The third-order valence-electron chi connectivity index (χ3n) is 6.50. The highest BCUT2D eigenvalue weighted by Crippen LogP contribution is 2.36. The van der Waals surface area contributed by atoms with Gasteiger partial charge in [-0.2, -0.15) is 0 Å². The number of ether oxygens (including phenoxy) is 1. The highest BCUT2D eigenvalue weighted by atomic mass is 32.2. The molecule has 4 rings (SSSR count). The molecular weight excluding hydrogens is 439 g/mol. The first kappa shape index (κ1) is 22.9. The zero-order valence-electron chi connectivity index (χ0n) is 18.0. The number of nitrogens with zero attached hydrogens (tertiary/aromatic N) is 2. The summed E-state index contributed by atoms with van der Waals surface area (Å²) in [6, 6.07) is 4.36. The van der Waals surface area contributed by atoms with Crippen molar-refractivity contribution in [2.45, 2.75) is 54.7 Å². The van der Waals surface area contributed by atoms with Gasteiger partial charge in [0.15, 0.2) is 21.4 Å². The Kier molecular flexibility index (Phi) is 7.13. The van der Waals surface area contributed by atoms with Crippen molar-refractivity contribution in [1.29, 1.82) is 0 Å². The summed E-state index contributed by atoms with van der Waals surface area (Å²) in [5.41, 5.74) is 0. The zero-order valence-corrected chi connectivity index (χ0v) is 19.6. The Balaban J connectivity index is 1.19. The Morgan fingerprint density at radius 2 is 1.77 bits per heavy atom. The number of hydrogen-bond donors (Lipinski definition) is 0. The van der Waals surface area contributed by atoms with Crippen LogP contribution in [0.5, 0.6) is 5.75 Å². The number of carbonyl (C=O) groups excluding carboxylic acids is 1. The van der Waals surface area contributed by atoms with Gasteiger partial charge in [-0.15, -0.1) is 0 Å². The second-order valence-electron chi connectivity index (χ2n) is 8.96. The smallest absolute Gasteiger partial charge is 0.281 e. The average molecular weight is 471 g/mol. The number of sulfone groups is 1. The van der Waals surface area contributed by atoms with Crippen LogP contribution in [0.2, 0.25) is 0 Å². The number of halogens is 1. The second kappa shape index (κ2) is 9.67. The van der Waals surface area contributed by atoms with Gasteiger partial charge in [0.2, 0.25) is 0 Å². The third-order valence-corrected chi connectivity index (χ3v) is 8.88. The topological polar surface area (TPSA) is 66.9 Å². The number of benzene rings is 1. The van der Waals surface area contributed by atoms with Gasteiger partial charge in [0.05, 0.1) is 11.5 Å². The molecule has 31 heavy (non-hydrogen) atoms. The van der Waals surface area contributed by atoms with Gasteiger partial charge in [-0.1, -0.05) is 11.8 Å². The minimum Gasteiger partial charge on any atom is -0.490 e. The molecule has 2 saturated carbocycles. The molecule has 0 radical (unpaired) electrons. The van der Waals surface area contributed by atoms with E-state index in [-0.39, 0.29) is 15.9 Å². The molecule has 3 aliphatic rings. The predicted molar refractivity (Wildman–Crippen MR) is 120 cm³/mol. The van der Waals surface area contributed by atoms with Crippen LogP contribution in [0, 0.1) is 11.7 Å². The van der Waals surface area contributed by atoms with Crippen molar-refractivity contribution in [2.24, 2.45) is 5.92 Å². The number of thioether (sulfide) groups is 1. The molecule has 0 unspecified atom stereocenters. The molecule has 1 aromatic rings. The van der Waals surface area contributed by atoms with Gasteiger partial charge in [0, 0.05) is 43.7 Å². The maximum atomic E-state index is 14.2. The molecule has 1 aromatic carbocycles. The lowest BCUT2D eigenvalue weighted by atomic mass is 9.85. The fraction of sp³-hybridized carbons (Fsp3) is 0.682. The number of amides is 1. The van der Waals surface area contributed by atoms with Crippen LogP contribution < -0.4 is 4.74 Å². The fourth-order valence-corrected chi connectivity index (χ4v) is 6.01. The molecule has 0 N–H and O–H groups in total. The first-order valence-corrected chi connectivity index (χ1v) is 13.9. The average Bonchev–Trinajstić information content (AvgIpc) is 3.57. The molecule has 172 valence electrons. The van der Waals surface area contributed by atoms with E-state index in [1.54, 1.807) is 0 Å². The van der Waals surface area contributed by atoms with Crippen molar-refractivity contribution in [1.82, 2.24) is 9.80 Å². The van der Waals surface area contributed by atoms with Crippen LogP contribution >= 0.6 is 11.8 Å². The van der Waals surface area contributed by atoms with E-state index in [2.05, 4.69) is 4.90 Å². The summed E-state index contributed by atoms with van der Waals surface area (Å²) >= 11 is 1.51. The standard InChI is InChI=1S/C22H31FN2O4S2/c1-31(27,28)19-8-9-21(20(23)14-19)29-15-16-2-4-17(5-3-16)24-10-12-25(13-11-24)22(26)30-18-6-7-18/h8-9,14,16-18H,2-7,10-13,15H2,1H3/t16-,17-. The van der Waals surface area contributed by atoms with Crippen LogP contribution in [0.4, 0.5) is 9.18 Å². The molecule has 0 aromatic heterocycles. The Bertz CT molecular complexity index is 891. The molecule has 0 spiro atoms. The number of carbonyl (C=O) groups is 1. The Morgan fingerprint density at radius 1 is 1.10 bits per heavy atom. The molecule has 3 fully saturated rings. The van der Waals surface area contributed by atoms with Crippen LogP contribution in [-0.2, 0) is 9.84 Å². The van der Waals surface area contributed by atoms with E-state index < -0.39 is 15.7 Å². The molecule has 1 amide bonds. The molecule has 6 nitrogen and oxygen atoms in total. The van der Waals surface area contributed by atoms with Gasteiger partial charge in [-0.25, -0.2) is 12.8 Å². The van der Waals surface area contributed by atoms with E-state index in [1.807, 2.05) is 4.90 Å².